The number of hydrogen-bond donors (Lipinski definition) is 3. The van der Waals surface area contributed by atoms with Gasteiger partial charge in [-0.25, -0.2) is 0 Å². The molecule has 0 aliphatic rings. The van der Waals surface area contributed by atoms with Crippen LogP contribution in [0.1, 0.15) is 75.2 Å². The molecular formula is C22H41N3O6S2. The third-order valence-electron chi connectivity index (χ3n) is 3.41. The minimum absolute atomic E-state index is 0.0353. The summed E-state index contributed by atoms with van der Waals surface area (Å²) in [5.74, 6) is -1.77. The molecule has 0 heterocycles. The molecule has 2 amide bonds. The zero-order chi connectivity index (χ0) is 26.0. The van der Waals surface area contributed by atoms with Crippen molar-refractivity contribution in [1.29, 1.82) is 0 Å². The van der Waals surface area contributed by atoms with E-state index in [9.17, 15) is 19.2 Å². The third kappa shape index (κ3) is 17.7. The van der Waals surface area contributed by atoms with Gasteiger partial charge in [-0.3, -0.25) is 19.2 Å². The number of amides is 2. The fraction of sp³-hybridized carbons (Fsp3) is 0.818. The van der Waals surface area contributed by atoms with Gasteiger partial charge in [-0.05, 0) is 48.0 Å². The van der Waals surface area contributed by atoms with Gasteiger partial charge in [-0.1, -0.05) is 42.4 Å². The summed E-state index contributed by atoms with van der Waals surface area (Å²) in [6, 6.07) is -1.81. The molecule has 9 nitrogen and oxygen atoms in total. The topological polar surface area (TPSA) is 137 Å². The van der Waals surface area contributed by atoms with Gasteiger partial charge in [0.2, 0.25) is 11.8 Å². The maximum absolute atomic E-state index is 12.7. The quantitative estimate of drug-likeness (QED) is 0.284. The fourth-order valence-corrected chi connectivity index (χ4v) is 4.64. The van der Waals surface area contributed by atoms with Gasteiger partial charge in [-0.15, -0.1) is 0 Å². The summed E-state index contributed by atoms with van der Waals surface area (Å²) in [4.78, 5) is 49.0. The van der Waals surface area contributed by atoms with E-state index < -0.39 is 47.0 Å². The van der Waals surface area contributed by atoms with Crippen molar-refractivity contribution in [3.63, 3.8) is 0 Å². The number of rotatable bonds is 11. The Morgan fingerprint density at radius 3 is 1.94 bits per heavy atom. The summed E-state index contributed by atoms with van der Waals surface area (Å²) in [5, 5.41) is 5.19. The standard InChI is InChI=1S/C22H41N3O6S2/c1-20(2,3)30-17(27)12-24-18(28)15(13-32-33-22(7,8)9)25-16(26)11-10-14(23)19(29)31-21(4,5)6/h14-15H,10-13,23H2,1-9H3,(H,24,28)(H,25,26)/t14-,15-/m0/s1. The van der Waals surface area contributed by atoms with E-state index in [0.717, 1.165) is 0 Å². The number of esters is 2. The Bertz CT molecular complexity index is 681. The number of ether oxygens (including phenoxy) is 2. The number of nitrogens with one attached hydrogen (secondary N) is 2. The van der Waals surface area contributed by atoms with Crippen molar-refractivity contribution >= 4 is 45.3 Å². The number of hydrogen-bond acceptors (Lipinski definition) is 9. The predicted molar refractivity (Wildman–Crippen MR) is 134 cm³/mol. The van der Waals surface area contributed by atoms with Gasteiger partial charge in [0.15, 0.2) is 0 Å². The highest BCUT2D eigenvalue weighted by molar-refractivity contribution is 8.77. The van der Waals surface area contributed by atoms with Gasteiger partial charge in [0.05, 0.1) is 0 Å². The second-order valence-corrected chi connectivity index (χ2v) is 13.8. The van der Waals surface area contributed by atoms with E-state index in [1.54, 1.807) is 52.3 Å². The molecule has 0 rings (SSSR count). The van der Waals surface area contributed by atoms with Crippen LogP contribution >= 0.6 is 21.6 Å². The highest BCUT2D eigenvalue weighted by Gasteiger charge is 2.26. The summed E-state index contributed by atoms with van der Waals surface area (Å²) in [5.41, 5.74) is 4.49. The van der Waals surface area contributed by atoms with Crippen LogP contribution in [-0.4, -0.2) is 64.1 Å². The Morgan fingerprint density at radius 1 is 0.909 bits per heavy atom. The Morgan fingerprint density at radius 2 is 1.45 bits per heavy atom. The van der Waals surface area contributed by atoms with E-state index in [4.69, 9.17) is 15.2 Å². The molecule has 0 radical (unpaired) electrons. The third-order valence-corrected chi connectivity index (χ3v) is 6.76. The van der Waals surface area contributed by atoms with Crippen molar-refractivity contribution in [1.82, 2.24) is 10.6 Å². The van der Waals surface area contributed by atoms with Gasteiger partial charge >= 0.3 is 11.9 Å². The van der Waals surface area contributed by atoms with Crippen LogP contribution in [0.2, 0.25) is 0 Å². The first-order valence-corrected chi connectivity index (χ1v) is 13.2. The molecule has 192 valence electrons. The normalized spacial score (nSPS) is 14.1. The molecule has 0 bridgehead atoms. The average Bonchev–Trinajstić information content (AvgIpc) is 2.59. The molecule has 0 saturated heterocycles. The van der Waals surface area contributed by atoms with Gasteiger partial charge in [-0.2, -0.15) is 0 Å². The Kier molecular flexibility index (Phi) is 12.8. The first kappa shape index (κ1) is 31.5. The molecule has 0 fully saturated rings. The van der Waals surface area contributed by atoms with E-state index in [1.807, 2.05) is 20.8 Å². The Labute approximate surface area is 205 Å². The molecule has 33 heavy (non-hydrogen) atoms. The first-order valence-electron chi connectivity index (χ1n) is 10.9. The summed E-state index contributed by atoms with van der Waals surface area (Å²) >= 11 is 0. The highest BCUT2D eigenvalue weighted by atomic mass is 33.1. The van der Waals surface area contributed by atoms with Crippen LogP contribution in [0.15, 0.2) is 0 Å². The summed E-state index contributed by atoms with van der Waals surface area (Å²) in [6.07, 6.45) is 0.0320. The molecule has 4 N–H and O–H groups in total. The molecule has 0 unspecified atom stereocenters. The van der Waals surface area contributed by atoms with E-state index in [0.29, 0.717) is 5.75 Å². The van der Waals surface area contributed by atoms with Crippen LogP contribution in [0, 0.1) is 0 Å². The van der Waals surface area contributed by atoms with Crippen LogP contribution < -0.4 is 16.4 Å². The van der Waals surface area contributed by atoms with Gasteiger partial charge in [0, 0.05) is 16.9 Å². The Hall–Kier alpha value is -1.46. The van der Waals surface area contributed by atoms with Crippen molar-refractivity contribution in [3.05, 3.63) is 0 Å². The van der Waals surface area contributed by atoms with Crippen molar-refractivity contribution < 1.29 is 28.7 Å². The second kappa shape index (κ2) is 13.4. The van der Waals surface area contributed by atoms with E-state index in [1.165, 1.54) is 10.8 Å². The lowest BCUT2D eigenvalue weighted by atomic mass is 10.1. The average molecular weight is 508 g/mol. The smallest absolute Gasteiger partial charge is 0.325 e. The molecule has 0 aliphatic carbocycles. The molecule has 0 saturated carbocycles. The molecule has 0 spiro atoms. The molecule has 2 atom stereocenters. The van der Waals surface area contributed by atoms with Crippen LogP contribution in [0.5, 0.6) is 0 Å². The van der Waals surface area contributed by atoms with E-state index in [2.05, 4.69) is 10.6 Å². The van der Waals surface area contributed by atoms with Crippen molar-refractivity contribution in [2.45, 2.75) is 103 Å². The molecule has 11 heteroatoms. The molecular weight excluding hydrogens is 466 g/mol. The van der Waals surface area contributed by atoms with Crippen LogP contribution in [-0.2, 0) is 28.7 Å². The lowest BCUT2D eigenvalue weighted by Crippen LogP contribution is -2.50. The maximum Gasteiger partial charge on any atom is 0.325 e. The molecule has 0 aliphatic heterocycles. The fourth-order valence-electron chi connectivity index (χ4n) is 2.17. The largest absolute Gasteiger partial charge is 0.459 e. The molecule has 0 aromatic rings. The summed E-state index contributed by atoms with van der Waals surface area (Å²) in [7, 11) is 3.02. The van der Waals surface area contributed by atoms with Crippen LogP contribution in [0.3, 0.4) is 0 Å². The monoisotopic (exact) mass is 507 g/mol. The number of carbonyl (C=O) groups is 4. The minimum atomic E-state index is -0.944. The highest BCUT2D eigenvalue weighted by Crippen LogP contribution is 2.35. The zero-order valence-electron chi connectivity index (χ0n) is 21.3. The van der Waals surface area contributed by atoms with Crippen molar-refractivity contribution in [2.75, 3.05) is 12.3 Å². The summed E-state index contributed by atoms with van der Waals surface area (Å²) in [6.45, 7) is 16.2. The lowest BCUT2D eigenvalue weighted by molar-refractivity contribution is -0.157. The van der Waals surface area contributed by atoms with Crippen molar-refractivity contribution in [2.24, 2.45) is 5.73 Å². The van der Waals surface area contributed by atoms with E-state index in [-0.39, 0.29) is 24.1 Å². The second-order valence-electron chi connectivity index (χ2n) is 10.6. The van der Waals surface area contributed by atoms with Crippen LogP contribution in [0.25, 0.3) is 0 Å². The van der Waals surface area contributed by atoms with E-state index >= 15 is 0 Å². The maximum atomic E-state index is 12.7. The van der Waals surface area contributed by atoms with Gasteiger partial charge in [0.1, 0.15) is 29.8 Å². The first-order chi connectivity index (χ1) is 14.8. The number of carbonyl (C=O) groups excluding carboxylic acids is 4. The number of nitrogens with two attached hydrogens (primary N) is 1. The molecule has 0 aromatic carbocycles. The minimum Gasteiger partial charge on any atom is -0.459 e. The van der Waals surface area contributed by atoms with Crippen LogP contribution in [0.4, 0.5) is 0 Å². The molecule has 0 aromatic heterocycles. The zero-order valence-corrected chi connectivity index (χ0v) is 23.0. The SMILES string of the molecule is CC(C)(C)OC(=O)CNC(=O)[C@H](CSSC(C)(C)C)NC(=O)CC[C@H](N)C(=O)OC(C)(C)C. The summed E-state index contributed by atoms with van der Waals surface area (Å²) < 4.78 is 10.4. The predicted octanol–water partition coefficient (Wildman–Crippen LogP) is 2.56. The van der Waals surface area contributed by atoms with Gasteiger partial charge < -0.3 is 25.8 Å². The van der Waals surface area contributed by atoms with Gasteiger partial charge in [0.25, 0.3) is 0 Å². The Balaban J connectivity index is 4.90. The van der Waals surface area contributed by atoms with Crippen molar-refractivity contribution in [3.8, 4) is 0 Å². The lowest BCUT2D eigenvalue weighted by Gasteiger charge is -2.23.